The van der Waals surface area contributed by atoms with Gasteiger partial charge in [-0.3, -0.25) is 0 Å². The standard InChI is InChI=1S/C9H8N4O2/c1-5-10-3-2-6(12-5)8-11-4-7(13-8)9(14)15/h2-4H,1H3,(H,11,13)(H,14,15). The highest BCUT2D eigenvalue weighted by atomic mass is 16.4. The second-order valence-corrected chi connectivity index (χ2v) is 2.94. The van der Waals surface area contributed by atoms with Crippen LogP contribution in [0.4, 0.5) is 0 Å². The highest BCUT2D eigenvalue weighted by molar-refractivity contribution is 5.85. The second-order valence-electron chi connectivity index (χ2n) is 2.94. The fraction of sp³-hybridized carbons (Fsp3) is 0.111. The largest absolute Gasteiger partial charge is 0.477 e. The zero-order valence-corrected chi connectivity index (χ0v) is 7.93. The van der Waals surface area contributed by atoms with Crippen LogP contribution < -0.4 is 0 Å². The molecule has 2 N–H and O–H groups in total. The van der Waals surface area contributed by atoms with E-state index in [0.717, 1.165) is 0 Å². The van der Waals surface area contributed by atoms with Crippen molar-refractivity contribution in [3.8, 4) is 11.5 Å². The predicted octanol–water partition coefficient (Wildman–Crippen LogP) is 0.873. The van der Waals surface area contributed by atoms with Gasteiger partial charge >= 0.3 is 5.97 Å². The molecule has 0 spiro atoms. The molecule has 0 bridgehead atoms. The summed E-state index contributed by atoms with van der Waals surface area (Å²) in [4.78, 5) is 25.2. The average Bonchev–Trinajstić information content (AvgIpc) is 2.66. The third-order valence-electron chi connectivity index (χ3n) is 1.82. The van der Waals surface area contributed by atoms with E-state index in [1.165, 1.54) is 6.20 Å². The maximum absolute atomic E-state index is 10.6. The van der Waals surface area contributed by atoms with E-state index in [0.29, 0.717) is 17.3 Å². The number of hydrogen-bond acceptors (Lipinski definition) is 4. The van der Waals surface area contributed by atoms with E-state index in [-0.39, 0.29) is 5.69 Å². The molecule has 6 nitrogen and oxygen atoms in total. The number of rotatable bonds is 2. The smallest absolute Gasteiger partial charge is 0.353 e. The summed E-state index contributed by atoms with van der Waals surface area (Å²) in [5, 5.41) is 8.70. The molecule has 6 heteroatoms. The van der Waals surface area contributed by atoms with E-state index in [2.05, 4.69) is 19.9 Å². The fourth-order valence-electron chi connectivity index (χ4n) is 1.15. The van der Waals surface area contributed by atoms with Crippen molar-refractivity contribution < 1.29 is 9.90 Å². The molecule has 0 aliphatic rings. The van der Waals surface area contributed by atoms with Crippen LogP contribution in [-0.2, 0) is 0 Å². The van der Waals surface area contributed by atoms with Crippen LogP contribution in [0.2, 0.25) is 0 Å². The number of carbonyl (C=O) groups is 1. The first-order valence-corrected chi connectivity index (χ1v) is 4.25. The molecule has 0 radical (unpaired) electrons. The third kappa shape index (κ3) is 1.83. The van der Waals surface area contributed by atoms with Gasteiger partial charge in [-0.1, -0.05) is 0 Å². The average molecular weight is 204 g/mol. The Hall–Kier alpha value is -2.24. The SMILES string of the molecule is Cc1nccc(-c2ncc(C(=O)O)[nH]2)n1. The van der Waals surface area contributed by atoms with Gasteiger partial charge in [0.15, 0.2) is 5.82 Å². The van der Waals surface area contributed by atoms with Crippen molar-refractivity contribution in [2.45, 2.75) is 6.92 Å². The number of aromatic nitrogens is 4. The minimum Gasteiger partial charge on any atom is -0.477 e. The Morgan fingerprint density at radius 1 is 1.47 bits per heavy atom. The van der Waals surface area contributed by atoms with Crippen LogP contribution in [0.5, 0.6) is 0 Å². The van der Waals surface area contributed by atoms with E-state index in [9.17, 15) is 4.79 Å². The Labute approximate surface area is 85.0 Å². The summed E-state index contributed by atoms with van der Waals surface area (Å²) in [5.41, 5.74) is 0.622. The van der Waals surface area contributed by atoms with Crippen molar-refractivity contribution in [3.63, 3.8) is 0 Å². The number of nitrogens with zero attached hydrogens (tertiary/aromatic N) is 3. The zero-order chi connectivity index (χ0) is 10.8. The van der Waals surface area contributed by atoms with E-state index in [1.54, 1.807) is 19.2 Å². The molecule has 2 aromatic rings. The lowest BCUT2D eigenvalue weighted by Gasteiger charge is -1.95. The van der Waals surface area contributed by atoms with Gasteiger partial charge in [0.2, 0.25) is 0 Å². The van der Waals surface area contributed by atoms with Crippen LogP contribution in [0.15, 0.2) is 18.5 Å². The van der Waals surface area contributed by atoms with Crippen molar-refractivity contribution in [1.82, 2.24) is 19.9 Å². The number of hydrogen-bond donors (Lipinski definition) is 2. The molecule has 76 valence electrons. The van der Waals surface area contributed by atoms with Crippen LogP contribution in [0, 0.1) is 6.92 Å². The molecule has 2 heterocycles. The molecular weight excluding hydrogens is 196 g/mol. The van der Waals surface area contributed by atoms with Crippen LogP contribution in [0.1, 0.15) is 16.3 Å². The number of carboxylic acids is 1. The first kappa shape index (κ1) is 9.32. The van der Waals surface area contributed by atoms with E-state index in [1.807, 2.05) is 0 Å². The monoisotopic (exact) mass is 204 g/mol. The lowest BCUT2D eigenvalue weighted by molar-refractivity contribution is 0.0691. The van der Waals surface area contributed by atoms with Gasteiger partial charge in [0.05, 0.1) is 6.20 Å². The molecule has 2 rings (SSSR count). The second kappa shape index (κ2) is 3.49. The maximum Gasteiger partial charge on any atom is 0.353 e. The van der Waals surface area contributed by atoms with Crippen molar-refractivity contribution in [1.29, 1.82) is 0 Å². The van der Waals surface area contributed by atoms with Crippen LogP contribution >= 0.6 is 0 Å². The van der Waals surface area contributed by atoms with Crippen LogP contribution in [0.25, 0.3) is 11.5 Å². The Balaban J connectivity index is 2.41. The molecule has 0 amide bonds. The number of nitrogens with one attached hydrogen (secondary N) is 1. The first-order chi connectivity index (χ1) is 7.16. The van der Waals surface area contributed by atoms with Gasteiger partial charge < -0.3 is 10.1 Å². The molecular formula is C9H8N4O2. The molecule has 0 aliphatic heterocycles. The highest BCUT2D eigenvalue weighted by Crippen LogP contribution is 2.11. The molecule has 2 aromatic heterocycles. The van der Waals surface area contributed by atoms with Gasteiger partial charge in [0.25, 0.3) is 0 Å². The number of imidazole rings is 1. The lowest BCUT2D eigenvalue weighted by atomic mass is 10.4. The van der Waals surface area contributed by atoms with E-state index >= 15 is 0 Å². The van der Waals surface area contributed by atoms with Crippen LogP contribution in [0.3, 0.4) is 0 Å². The molecule has 0 aromatic carbocycles. The van der Waals surface area contributed by atoms with Gasteiger partial charge in [-0.05, 0) is 13.0 Å². The van der Waals surface area contributed by atoms with Gasteiger partial charge in [0, 0.05) is 6.20 Å². The minimum atomic E-state index is -1.04. The number of aromatic amines is 1. The first-order valence-electron chi connectivity index (χ1n) is 4.25. The van der Waals surface area contributed by atoms with E-state index in [4.69, 9.17) is 5.11 Å². The van der Waals surface area contributed by atoms with Gasteiger partial charge in [-0.25, -0.2) is 19.7 Å². The molecule has 0 saturated carbocycles. The van der Waals surface area contributed by atoms with E-state index < -0.39 is 5.97 Å². The Morgan fingerprint density at radius 3 is 2.87 bits per heavy atom. The summed E-state index contributed by atoms with van der Waals surface area (Å²) in [7, 11) is 0. The minimum absolute atomic E-state index is 0.0428. The fourth-order valence-corrected chi connectivity index (χ4v) is 1.15. The summed E-state index contributed by atoms with van der Waals surface area (Å²) >= 11 is 0. The van der Waals surface area contributed by atoms with Crippen molar-refractivity contribution in [3.05, 3.63) is 30.0 Å². The van der Waals surface area contributed by atoms with Crippen molar-refractivity contribution in [2.24, 2.45) is 0 Å². The molecule has 0 atom stereocenters. The normalized spacial score (nSPS) is 10.2. The van der Waals surface area contributed by atoms with Gasteiger partial charge in [-0.2, -0.15) is 0 Å². The topological polar surface area (TPSA) is 91.8 Å². The summed E-state index contributed by atoms with van der Waals surface area (Å²) in [6, 6.07) is 1.66. The van der Waals surface area contributed by atoms with Gasteiger partial charge in [-0.15, -0.1) is 0 Å². The number of aromatic carboxylic acids is 1. The van der Waals surface area contributed by atoms with Crippen molar-refractivity contribution >= 4 is 5.97 Å². The molecule has 15 heavy (non-hydrogen) atoms. The summed E-state index contributed by atoms with van der Waals surface area (Å²) in [6.45, 7) is 1.75. The zero-order valence-electron chi connectivity index (χ0n) is 7.93. The highest BCUT2D eigenvalue weighted by Gasteiger charge is 2.09. The third-order valence-corrected chi connectivity index (χ3v) is 1.82. The number of H-pyrrole nitrogens is 1. The molecule has 0 saturated heterocycles. The molecule has 0 aliphatic carbocycles. The van der Waals surface area contributed by atoms with Crippen LogP contribution in [-0.4, -0.2) is 31.0 Å². The van der Waals surface area contributed by atoms with Crippen molar-refractivity contribution in [2.75, 3.05) is 0 Å². The maximum atomic E-state index is 10.6. The summed E-state index contributed by atoms with van der Waals surface area (Å²) in [6.07, 6.45) is 2.86. The Kier molecular flexibility index (Phi) is 2.17. The number of aryl methyl sites for hydroxylation is 1. The Morgan fingerprint density at radius 2 is 2.27 bits per heavy atom. The lowest BCUT2D eigenvalue weighted by Crippen LogP contribution is -1.96. The molecule has 0 fully saturated rings. The molecule has 0 unspecified atom stereocenters. The summed E-state index contributed by atoms with van der Waals surface area (Å²) < 4.78 is 0. The number of carboxylic acid groups (broad SMARTS) is 1. The quantitative estimate of drug-likeness (QED) is 0.757. The van der Waals surface area contributed by atoms with Gasteiger partial charge in [0.1, 0.15) is 17.2 Å². The summed E-state index contributed by atoms with van der Waals surface area (Å²) in [5.74, 6) is -0.00166. The predicted molar refractivity (Wildman–Crippen MR) is 51.3 cm³/mol. The Bertz CT molecular complexity index is 506.